The van der Waals surface area contributed by atoms with E-state index in [1.165, 1.54) is 12.1 Å². The van der Waals surface area contributed by atoms with E-state index in [4.69, 9.17) is 11.5 Å². The van der Waals surface area contributed by atoms with Gasteiger partial charge < -0.3 is 11.5 Å². The summed E-state index contributed by atoms with van der Waals surface area (Å²) in [6.07, 6.45) is 2.21. The van der Waals surface area contributed by atoms with Gasteiger partial charge in [-0.2, -0.15) is 4.99 Å². The van der Waals surface area contributed by atoms with Crippen LogP contribution in [0.15, 0.2) is 22.0 Å². The average Bonchev–Trinajstić information content (AvgIpc) is 2.37. The number of hydrogen-bond acceptors (Lipinski definition) is 3. The van der Waals surface area contributed by atoms with Gasteiger partial charge in [0.05, 0.1) is 5.56 Å². The molecule has 0 aliphatic heterocycles. The fourth-order valence-corrected chi connectivity index (χ4v) is 3.44. The molecule has 0 saturated carbocycles. The molecule has 22 heavy (non-hydrogen) atoms. The number of nitrogens with two attached hydrogens (primary N) is 2. The number of rotatable bonds is 5. The van der Waals surface area contributed by atoms with Gasteiger partial charge in [0.15, 0.2) is 21.6 Å². The molecule has 0 bridgehead atoms. The van der Waals surface area contributed by atoms with Crippen molar-refractivity contribution >= 4 is 21.7 Å². The molecule has 0 atom stereocenters. The number of aliphatic imine (C=N–C) groups is 1. The predicted molar refractivity (Wildman–Crippen MR) is 83.0 cm³/mol. The summed E-state index contributed by atoms with van der Waals surface area (Å²) in [5.41, 5.74) is 10.1. The third-order valence-corrected chi connectivity index (χ3v) is 4.54. The van der Waals surface area contributed by atoms with E-state index < -0.39 is 38.0 Å². The van der Waals surface area contributed by atoms with Crippen LogP contribution in [0.3, 0.4) is 0 Å². The lowest BCUT2D eigenvalue weighted by atomic mass is 9.93. The third-order valence-electron chi connectivity index (χ3n) is 3.38. The molecule has 1 rings (SSSR count). The Hall–Kier alpha value is -1.96. The molecule has 0 aromatic heterocycles. The Kier molecular flexibility index (Phi) is 5.65. The number of carbonyl (C=O) groups is 1. The van der Waals surface area contributed by atoms with Gasteiger partial charge in [-0.25, -0.2) is 12.8 Å². The first kappa shape index (κ1) is 18.1. The molecule has 1 aromatic carbocycles. The standard InChI is InChI=1S/C14H20FN3O3S/c1-4-8(5-2)9-6-7-10(13(19)18-14(16)17)11(15)12(9)22(3,20)21/h6-8H,4-5H2,1-3H3,(H4,16,17,18,19). The van der Waals surface area contributed by atoms with Gasteiger partial charge in [0.25, 0.3) is 5.91 Å². The minimum atomic E-state index is -3.85. The molecule has 0 aliphatic carbocycles. The van der Waals surface area contributed by atoms with Crippen molar-refractivity contribution in [1.29, 1.82) is 0 Å². The van der Waals surface area contributed by atoms with E-state index in [9.17, 15) is 17.6 Å². The number of halogens is 1. The van der Waals surface area contributed by atoms with Crippen LogP contribution in [0.4, 0.5) is 4.39 Å². The first-order valence-electron chi connectivity index (χ1n) is 6.79. The molecule has 0 aliphatic rings. The lowest BCUT2D eigenvalue weighted by molar-refractivity contribution is 0.0998. The topological polar surface area (TPSA) is 116 Å². The average molecular weight is 329 g/mol. The van der Waals surface area contributed by atoms with Crippen LogP contribution in [0.1, 0.15) is 48.5 Å². The van der Waals surface area contributed by atoms with Crippen molar-refractivity contribution in [2.45, 2.75) is 37.5 Å². The summed E-state index contributed by atoms with van der Waals surface area (Å²) in [4.78, 5) is 14.6. The Morgan fingerprint density at radius 3 is 2.23 bits per heavy atom. The summed E-state index contributed by atoms with van der Waals surface area (Å²) in [7, 11) is -3.85. The van der Waals surface area contributed by atoms with Crippen LogP contribution in [-0.4, -0.2) is 26.5 Å². The molecule has 0 saturated heterocycles. The molecule has 1 aromatic rings. The van der Waals surface area contributed by atoms with Crippen LogP contribution >= 0.6 is 0 Å². The molecular formula is C14H20FN3O3S. The largest absolute Gasteiger partial charge is 0.370 e. The van der Waals surface area contributed by atoms with E-state index in [1.54, 1.807) is 0 Å². The highest BCUT2D eigenvalue weighted by molar-refractivity contribution is 7.90. The van der Waals surface area contributed by atoms with E-state index in [0.717, 1.165) is 6.26 Å². The number of sulfone groups is 1. The Morgan fingerprint density at radius 1 is 1.27 bits per heavy atom. The van der Waals surface area contributed by atoms with Gasteiger partial charge in [-0.15, -0.1) is 0 Å². The van der Waals surface area contributed by atoms with Crippen LogP contribution < -0.4 is 11.5 Å². The first-order valence-corrected chi connectivity index (χ1v) is 8.68. The molecule has 6 nitrogen and oxygen atoms in total. The zero-order valence-electron chi connectivity index (χ0n) is 12.8. The highest BCUT2D eigenvalue weighted by Gasteiger charge is 2.27. The van der Waals surface area contributed by atoms with Crippen molar-refractivity contribution in [1.82, 2.24) is 0 Å². The number of hydrogen-bond donors (Lipinski definition) is 2. The van der Waals surface area contributed by atoms with Crippen molar-refractivity contribution < 1.29 is 17.6 Å². The maximum absolute atomic E-state index is 14.6. The second-order valence-corrected chi connectivity index (χ2v) is 6.93. The Balaban J connectivity index is 3.65. The molecule has 0 heterocycles. The van der Waals surface area contributed by atoms with Gasteiger partial charge in [0.2, 0.25) is 0 Å². The van der Waals surface area contributed by atoms with Gasteiger partial charge in [-0.3, -0.25) is 4.79 Å². The van der Waals surface area contributed by atoms with Crippen LogP contribution in [0.5, 0.6) is 0 Å². The van der Waals surface area contributed by atoms with Crippen molar-refractivity contribution in [2.75, 3.05) is 6.26 Å². The molecular weight excluding hydrogens is 309 g/mol. The van der Waals surface area contributed by atoms with E-state index in [-0.39, 0.29) is 5.92 Å². The molecule has 4 N–H and O–H groups in total. The maximum atomic E-state index is 14.6. The fraction of sp³-hybridized carbons (Fsp3) is 0.429. The number of guanidine groups is 1. The quantitative estimate of drug-likeness (QED) is 0.628. The summed E-state index contributed by atoms with van der Waals surface area (Å²) in [5.74, 6) is -2.76. The summed E-state index contributed by atoms with van der Waals surface area (Å²) < 4.78 is 38.6. The zero-order valence-corrected chi connectivity index (χ0v) is 13.6. The van der Waals surface area contributed by atoms with E-state index in [2.05, 4.69) is 4.99 Å². The van der Waals surface area contributed by atoms with Crippen molar-refractivity contribution in [3.8, 4) is 0 Å². The van der Waals surface area contributed by atoms with Crippen molar-refractivity contribution in [3.63, 3.8) is 0 Å². The summed E-state index contributed by atoms with van der Waals surface area (Å²) >= 11 is 0. The molecule has 0 radical (unpaired) electrons. The molecule has 8 heteroatoms. The third kappa shape index (κ3) is 3.82. The van der Waals surface area contributed by atoms with Crippen LogP contribution in [-0.2, 0) is 9.84 Å². The monoisotopic (exact) mass is 329 g/mol. The van der Waals surface area contributed by atoms with Gasteiger partial charge in [-0.1, -0.05) is 19.9 Å². The maximum Gasteiger partial charge on any atom is 0.283 e. The number of nitrogens with zero attached hydrogens (tertiary/aromatic N) is 1. The molecule has 0 unspecified atom stereocenters. The zero-order chi connectivity index (χ0) is 17.1. The van der Waals surface area contributed by atoms with Gasteiger partial charge in [-0.05, 0) is 30.4 Å². The van der Waals surface area contributed by atoms with Gasteiger partial charge in [0, 0.05) is 6.26 Å². The van der Waals surface area contributed by atoms with E-state index in [1.807, 2.05) is 13.8 Å². The molecule has 122 valence electrons. The highest BCUT2D eigenvalue weighted by Crippen LogP contribution is 2.32. The molecule has 0 fully saturated rings. The van der Waals surface area contributed by atoms with Gasteiger partial charge >= 0.3 is 0 Å². The molecule has 1 amide bonds. The Morgan fingerprint density at radius 2 is 1.82 bits per heavy atom. The second kappa shape index (κ2) is 6.87. The van der Waals surface area contributed by atoms with Crippen LogP contribution in [0.25, 0.3) is 0 Å². The lowest BCUT2D eigenvalue weighted by Crippen LogP contribution is -2.24. The minimum absolute atomic E-state index is 0.119. The number of benzene rings is 1. The highest BCUT2D eigenvalue weighted by atomic mass is 32.2. The predicted octanol–water partition coefficient (Wildman–Crippen LogP) is 1.55. The summed E-state index contributed by atoms with van der Waals surface area (Å²) in [6.45, 7) is 3.77. The molecule has 0 spiro atoms. The van der Waals surface area contributed by atoms with E-state index in [0.29, 0.717) is 18.4 Å². The fourth-order valence-electron chi connectivity index (χ4n) is 2.34. The SMILES string of the molecule is CCC(CC)c1ccc(C(=O)N=C(N)N)c(F)c1S(C)(=O)=O. The summed E-state index contributed by atoms with van der Waals surface area (Å²) in [5, 5.41) is 0. The van der Waals surface area contributed by atoms with E-state index >= 15 is 0 Å². The van der Waals surface area contributed by atoms with Crippen LogP contribution in [0, 0.1) is 5.82 Å². The number of amides is 1. The normalized spacial score (nSPS) is 11.5. The minimum Gasteiger partial charge on any atom is -0.370 e. The van der Waals surface area contributed by atoms with Crippen molar-refractivity contribution in [3.05, 3.63) is 29.1 Å². The van der Waals surface area contributed by atoms with Gasteiger partial charge in [0.1, 0.15) is 4.90 Å². The second-order valence-electron chi connectivity index (χ2n) is 4.97. The summed E-state index contributed by atoms with van der Waals surface area (Å²) in [6, 6.07) is 2.67. The Labute approximate surface area is 129 Å². The smallest absolute Gasteiger partial charge is 0.283 e. The first-order chi connectivity index (χ1) is 10.1. The Bertz CT molecular complexity index is 706. The number of carbonyl (C=O) groups excluding carboxylic acids is 1. The van der Waals surface area contributed by atoms with Crippen molar-refractivity contribution in [2.24, 2.45) is 16.5 Å². The van der Waals surface area contributed by atoms with Crippen LogP contribution in [0.2, 0.25) is 0 Å². The lowest BCUT2D eigenvalue weighted by Gasteiger charge is -2.18.